The summed E-state index contributed by atoms with van der Waals surface area (Å²) in [4.78, 5) is 11.6. The van der Waals surface area contributed by atoms with Gasteiger partial charge in [-0.15, -0.1) is 0 Å². The third-order valence-electron chi connectivity index (χ3n) is 3.71. The van der Waals surface area contributed by atoms with Crippen LogP contribution in [-0.2, 0) is 14.8 Å². The zero-order valence-electron chi connectivity index (χ0n) is 15.2. The first-order valence-corrected chi connectivity index (χ1v) is 9.90. The molecule has 6 nitrogen and oxygen atoms in total. The van der Waals surface area contributed by atoms with Crippen LogP contribution in [0.5, 0.6) is 5.75 Å². The van der Waals surface area contributed by atoms with Crippen LogP contribution in [-0.4, -0.2) is 27.5 Å². The largest absolute Gasteiger partial charge is 0.484 e. The Morgan fingerprint density at radius 3 is 2.42 bits per heavy atom. The summed E-state index contributed by atoms with van der Waals surface area (Å²) in [5.41, 5.74) is 2.37. The molecule has 0 aromatic heterocycles. The summed E-state index contributed by atoms with van der Waals surface area (Å²) in [6, 6.07) is 11.6. The summed E-state index contributed by atoms with van der Waals surface area (Å²) < 4.78 is 33.1. The van der Waals surface area contributed by atoms with Crippen LogP contribution in [0, 0.1) is 13.8 Å². The van der Waals surface area contributed by atoms with Gasteiger partial charge in [-0.05, 0) is 61.7 Å². The van der Waals surface area contributed by atoms with Crippen molar-refractivity contribution in [2.75, 3.05) is 17.9 Å². The molecule has 2 N–H and O–H groups in total. The Bertz CT molecular complexity index is 862. The molecule has 0 aliphatic heterocycles. The van der Waals surface area contributed by atoms with Gasteiger partial charge < -0.3 is 10.1 Å². The normalized spacial score (nSPS) is 11.0. The lowest BCUT2D eigenvalue weighted by Crippen LogP contribution is -2.29. The van der Waals surface area contributed by atoms with Crippen molar-refractivity contribution in [3.8, 4) is 5.75 Å². The van der Waals surface area contributed by atoms with Crippen molar-refractivity contribution in [1.82, 2.24) is 5.32 Å². The van der Waals surface area contributed by atoms with Crippen molar-refractivity contribution in [2.45, 2.75) is 32.1 Å². The van der Waals surface area contributed by atoms with Crippen molar-refractivity contribution in [3.63, 3.8) is 0 Å². The average molecular weight is 376 g/mol. The number of amides is 1. The molecule has 0 bridgehead atoms. The fraction of sp³-hybridized carbons (Fsp3) is 0.316. The van der Waals surface area contributed by atoms with E-state index in [4.69, 9.17) is 4.74 Å². The Morgan fingerprint density at radius 1 is 1.08 bits per heavy atom. The number of ether oxygens (including phenoxy) is 1. The van der Waals surface area contributed by atoms with E-state index in [2.05, 4.69) is 10.0 Å². The fourth-order valence-corrected chi connectivity index (χ4v) is 3.35. The predicted molar refractivity (Wildman–Crippen MR) is 102 cm³/mol. The number of aryl methyl sites for hydroxylation is 2. The summed E-state index contributed by atoms with van der Waals surface area (Å²) in [6.45, 7) is 6.21. The van der Waals surface area contributed by atoms with E-state index in [-0.39, 0.29) is 17.4 Å². The minimum absolute atomic E-state index is 0.104. The zero-order chi connectivity index (χ0) is 19.2. The molecular weight excluding hydrogens is 352 g/mol. The van der Waals surface area contributed by atoms with Gasteiger partial charge in [-0.25, -0.2) is 8.42 Å². The highest BCUT2D eigenvalue weighted by atomic mass is 32.2. The highest BCUT2D eigenvalue weighted by molar-refractivity contribution is 7.92. The quantitative estimate of drug-likeness (QED) is 0.742. The smallest absolute Gasteiger partial charge is 0.261 e. The Hall–Kier alpha value is -2.54. The van der Waals surface area contributed by atoms with E-state index in [1.165, 1.54) is 24.3 Å². The van der Waals surface area contributed by atoms with Gasteiger partial charge in [0.25, 0.3) is 15.9 Å². The van der Waals surface area contributed by atoms with Crippen LogP contribution in [0.15, 0.2) is 47.4 Å². The zero-order valence-corrected chi connectivity index (χ0v) is 16.0. The molecule has 0 saturated carbocycles. The second-order valence-electron chi connectivity index (χ2n) is 6.03. The summed E-state index contributed by atoms with van der Waals surface area (Å²) in [5, 5.41) is 2.71. The first-order chi connectivity index (χ1) is 12.3. The van der Waals surface area contributed by atoms with E-state index in [0.717, 1.165) is 17.5 Å². The number of rotatable bonds is 8. The van der Waals surface area contributed by atoms with Crippen LogP contribution in [0.25, 0.3) is 0 Å². The monoisotopic (exact) mass is 376 g/mol. The van der Waals surface area contributed by atoms with Gasteiger partial charge in [0.1, 0.15) is 5.75 Å². The molecule has 0 aliphatic carbocycles. The molecule has 0 saturated heterocycles. The van der Waals surface area contributed by atoms with Gasteiger partial charge in [0, 0.05) is 6.54 Å². The third-order valence-corrected chi connectivity index (χ3v) is 5.09. The minimum atomic E-state index is -3.70. The molecule has 0 spiro atoms. The van der Waals surface area contributed by atoms with Crippen LogP contribution in [0.3, 0.4) is 0 Å². The molecule has 1 amide bonds. The third kappa shape index (κ3) is 5.49. The molecule has 2 aromatic carbocycles. The maximum absolute atomic E-state index is 12.5. The standard InChI is InChI=1S/C19H24N2O4S/c1-4-11-20-19(22)13-25-16-7-9-17(10-8-16)26(23,24)21-18-12-14(2)5-6-15(18)3/h5-10,12,21H,4,11,13H2,1-3H3,(H,20,22). The number of anilines is 1. The number of sulfonamides is 1. The van der Waals surface area contributed by atoms with Crippen molar-refractivity contribution in [2.24, 2.45) is 0 Å². The Labute approximate surface area is 154 Å². The lowest BCUT2D eigenvalue weighted by atomic mass is 10.1. The van der Waals surface area contributed by atoms with E-state index < -0.39 is 10.0 Å². The lowest BCUT2D eigenvalue weighted by molar-refractivity contribution is -0.123. The molecule has 0 radical (unpaired) electrons. The van der Waals surface area contributed by atoms with Gasteiger partial charge in [0.05, 0.1) is 10.6 Å². The average Bonchev–Trinajstić information content (AvgIpc) is 2.61. The number of nitrogens with one attached hydrogen (secondary N) is 2. The molecule has 0 atom stereocenters. The van der Waals surface area contributed by atoms with E-state index in [0.29, 0.717) is 18.0 Å². The van der Waals surface area contributed by atoms with Crippen molar-refractivity contribution < 1.29 is 17.9 Å². The molecule has 2 aromatic rings. The first-order valence-electron chi connectivity index (χ1n) is 8.41. The minimum Gasteiger partial charge on any atom is -0.484 e. The van der Waals surface area contributed by atoms with Gasteiger partial charge in [-0.3, -0.25) is 9.52 Å². The molecule has 7 heteroatoms. The van der Waals surface area contributed by atoms with Crippen LogP contribution in [0.1, 0.15) is 24.5 Å². The second-order valence-corrected chi connectivity index (χ2v) is 7.72. The molecule has 0 heterocycles. The Morgan fingerprint density at radius 2 is 1.77 bits per heavy atom. The predicted octanol–water partition coefficient (Wildman–Crippen LogP) is 3.01. The second kappa shape index (κ2) is 8.71. The summed E-state index contributed by atoms with van der Waals surface area (Å²) in [7, 11) is -3.70. The van der Waals surface area contributed by atoms with E-state index in [1.807, 2.05) is 32.9 Å². The number of carbonyl (C=O) groups is 1. The Balaban J connectivity index is 2.04. The highest BCUT2D eigenvalue weighted by Gasteiger charge is 2.15. The van der Waals surface area contributed by atoms with Gasteiger partial charge in [-0.1, -0.05) is 19.1 Å². The van der Waals surface area contributed by atoms with E-state index >= 15 is 0 Å². The van der Waals surface area contributed by atoms with Crippen LogP contribution >= 0.6 is 0 Å². The SMILES string of the molecule is CCCNC(=O)COc1ccc(S(=O)(=O)Nc2cc(C)ccc2C)cc1. The maximum Gasteiger partial charge on any atom is 0.261 e. The van der Waals surface area contributed by atoms with E-state index in [9.17, 15) is 13.2 Å². The molecule has 2 rings (SSSR count). The molecule has 0 unspecified atom stereocenters. The number of carbonyl (C=O) groups excluding carboxylic acids is 1. The molecule has 140 valence electrons. The van der Waals surface area contributed by atoms with Crippen molar-refractivity contribution >= 4 is 21.6 Å². The Kier molecular flexibility index (Phi) is 6.63. The first kappa shape index (κ1) is 19.8. The van der Waals surface area contributed by atoms with Gasteiger partial charge in [-0.2, -0.15) is 0 Å². The van der Waals surface area contributed by atoms with E-state index in [1.54, 1.807) is 6.07 Å². The van der Waals surface area contributed by atoms with Gasteiger partial charge in [0.15, 0.2) is 6.61 Å². The molecular formula is C19H24N2O4S. The van der Waals surface area contributed by atoms with Crippen LogP contribution in [0.4, 0.5) is 5.69 Å². The van der Waals surface area contributed by atoms with Gasteiger partial charge in [0.2, 0.25) is 0 Å². The summed E-state index contributed by atoms with van der Waals surface area (Å²) in [5.74, 6) is 0.225. The summed E-state index contributed by atoms with van der Waals surface area (Å²) in [6.07, 6.45) is 0.853. The van der Waals surface area contributed by atoms with Crippen LogP contribution in [0.2, 0.25) is 0 Å². The number of benzene rings is 2. The molecule has 26 heavy (non-hydrogen) atoms. The molecule has 0 aliphatic rings. The van der Waals surface area contributed by atoms with Crippen molar-refractivity contribution in [3.05, 3.63) is 53.6 Å². The van der Waals surface area contributed by atoms with Crippen LogP contribution < -0.4 is 14.8 Å². The fourth-order valence-electron chi connectivity index (χ4n) is 2.23. The molecule has 0 fully saturated rings. The van der Waals surface area contributed by atoms with Gasteiger partial charge >= 0.3 is 0 Å². The summed E-state index contributed by atoms with van der Waals surface area (Å²) >= 11 is 0. The number of hydrogen-bond acceptors (Lipinski definition) is 4. The topological polar surface area (TPSA) is 84.5 Å². The lowest BCUT2D eigenvalue weighted by Gasteiger charge is -2.12. The highest BCUT2D eigenvalue weighted by Crippen LogP contribution is 2.22. The van der Waals surface area contributed by atoms with Crippen molar-refractivity contribution in [1.29, 1.82) is 0 Å². The maximum atomic E-state index is 12.5. The number of hydrogen-bond donors (Lipinski definition) is 2.